The molecule has 0 aliphatic rings. The summed E-state index contributed by atoms with van der Waals surface area (Å²) in [5.41, 5.74) is -0.340. The van der Waals surface area contributed by atoms with Crippen LogP contribution in [0.1, 0.15) is 10.5 Å². The van der Waals surface area contributed by atoms with Crippen molar-refractivity contribution in [2.75, 3.05) is 0 Å². The zero-order valence-corrected chi connectivity index (χ0v) is 9.04. The van der Waals surface area contributed by atoms with E-state index in [1.165, 1.54) is 18.2 Å². The molecule has 1 aromatic carbocycles. The van der Waals surface area contributed by atoms with Gasteiger partial charge in [0.25, 0.3) is 0 Å². The molecule has 0 saturated carbocycles. The summed E-state index contributed by atoms with van der Waals surface area (Å²) in [5.74, 6) is -1.92. The quantitative estimate of drug-likeness (QED) is 0.881. The minimum Gasteiger partial charge on any atom is -0.476 e. The van der Waals surface area contributed by atoms with Crippen molar-refractivity contribution in [2.24, 2.45) is 0 Å². The lowest BCUT2D eigenvalue weighted by atomic mass is 10.1. The Hall–Kier alpha value is -2.75. The third-order valence-electron chi connectivity index (χ3n) is 2.29. The molecule has 0 aliphatic carbocycles. The monoisotopic (exact) mass is 246 g/mol. The van der Waals surface area contributed by atoms with Crippen molar-refractivity contribution in [2.45, 2.75) is 6.54 Å². The van der Waals surface area contributed by atoms with E-state index < -0.39 is 11.8 Å². The van der Waals surface area contributed by atoms with Crippen molar-refractivity contribution in [1.29, 1.82) is 5.26 Å². The number of hydrogen-bond acceptors (Lipinski definition) is 4. The number of rotatable bonds is 3. The van der Waals surface area contributed by atoms with Crippen LogP contribution >= 0.6 is 0 Å². The molecule has 0 fully saturated rings. The summed E-state index contributed by atoms with van der Waals surface area (Å²) in [6, 6.07) is 7.47. The Morgan fingerprint density at radius 3 is 2.83 bits per heavy atom. The molecule has 0 aliphatic heterocycles. The lowest BCUT2D eigenvalue weighted by molar-refractivity contribution is 0.0691. The molecule has 90 valence electrons. The molecule has 2 rings (SSSR count). The van der Waals surface area contributed by atoms with E-state index in [0.29, 0.717) is 0 Å². The number of carboxylic acid groups (broad SMARTS) is 1. The fourth-order valence-electron chi connectivity index (χ4n) is 1.55. The van der Waals surface area contributed by atoms with Gasteiger partial charge in [-0.3, -0.25) is 0 Å². The van der Waals surface area contributed by atoms with Crippen molar-refractivity contribution >= 4 is 5.97 Å². The second-order valence-corrected chi connectivity index (χ2v) is 3.39. The van der Waals surface area contributed by atoms with Crippen LogP contribution < -0.4 is 0 Å². The highest BCUT2D eigenvalue weighted by atomic mass is 19.1. The van der Waals surface area contributed by atoms with Gasteiger partial charge < -0.3 is 5.11 Å². The smallest absolute Gasteiger partial charge is 0.358 e. The van der Waals surface area contributed by atoms with E-state index in [4.69, 9.17) is 10.4 Å². The molecule has 18 heavy (non-hydrogen) atoms. The normalized spacial score (nSPS) is 10.0. The molecule has 0 saturated heterocycles. The Kier molecular flexibility index (Phi) is 3.02. The second kappa shape index (κ2) is 4.63. The molecule has 1 heterocycles. The summed E-state index contributed by atoms with van der Waals surface area (Å²) >= 11 is 0. The van der Waals surface area contributed by atoms with Crippen molar-refractivity contribution in [3.05, 3.63) is 35.8 Å². The highest BCUT2D eigenvalue weighted by Gasteiger charge is 2.22. The van der Waals surface area contributed by atoms with Gasteiger partial charge in [0, 0.05) is 5.56 Å². The molecule has 1 aromatic heterocycles. The topological polar surface area (TPSA) is 91.8 Å². The van der Waals surface area contributed by atoms with Gasteiger partial charge in [0.2, 0.25) is 0 Å². The van der Waals surface area contributed by atoms with E-state index in [0.717, 1.165) is 4.68 Å². The molecule has 0 atom stereocenters. The summed E-state index contributed by atoms with van der Waals surface area (Å²) in [6.07, 6.45) is 0. The van der Waals surface area contributed by atoms with Crippen molar-refractivity contribution in [3.8, 4) is 17.3 Å². The van der Waals surface area contributed by atoms with Crippen LogP contribution in [-0.2, 0) is 6.54 Å². The number of aromatic nitrogens is 3. The number of carbonyl (C=O) groups is 1. The summed E-state index contributed by atoms with van der Waals surface area (Å²) in [4.78, 5) is 11.0. The van der Waals surface area contributed by atoms with Crippen LogP contribution in [0.3, 0.4) is 0 Å². The number of carboxylic acids is 1. The molecule has 7 heteroatoms. The Labute approximate surface area is 101 Å². The zero-order valence-electron chi connectivity index (χ0n) is 9.04. The van der Waals surface area contributed by atoms with E-state index in [1.54, 1.807) is 6.07 Å². The maximum absolute atomic E-state index is 13.7. The van der Waals surface area contributed by atoms with Gasteiger partial charge in [-0.25, -0.2) is 13.9 Å². The zero-order chi connectivity index (χ0) is 13.1. The van der Waals surface area contributed by atoms with E-state index in [1.807, 2.05) is 6.07 Å². The lowest BCUT2D eigenvalue weighted by Gasteiger charge is -2.04. The van der Waals surface area contributed by atoms with Crippen molar-refractivity contribution in [3.63, 3.8) is 0 Å². The van der Waals surface area contributed by atoms with Crippen LogP contribution in [0.25, 0.3) is 11.3 Å². The van der Waals surface area contributed by atoms with Gasteiger partial charge >= 0.3 is 5.97 Å². The van der Waals surface area contributed by atoms with Crippen LogP contribution in [0.5, 0.6) is 0 Å². The minimum absolute atomic E-state index is 0.0119. The maximum Gasteiger partial charge on any atom is 0.358 e. The molecule has 0 unspecified atom stereocenters. The third kappa shape index (κ3) is 1.91. The van der Waals surface area contributed by atoms with E-state index >= 15 is 0 Å². The van der Waals surface area contributed by atoms with Gasteiger partial charge in [-0.2, -0.15) is 5.26 Å². The van der Waals surface area contributed by atoms with Gasteiger partial charge in [0.05, 0.1) is 6.07 Å². The molecular weight excluding hydrogens is 239 g/mol. The minimum atomic E-state index is -1.32. The number of halogens is 1. The van der Waals surface area contributed by atoms with Gasteiger partial charge in [-0.1, -0.05) is 17.3 Å². The van der Waals surface area contributed by atoms with Crippen molar-refractivity contribution < 1.29 is 14.3 Å². The molecular formula is C11H7FN4O2. The molecule has 0 radical (unpaired) electrons. The largest absolute Gasteiger partial charge is 0.476 e. The fraction of sp³-hybridized carbons (Fsp3) is 0.0909. The number of hydrogen-bond donors (Lipinski definition) is 1. The summed E-state index contributed by atoms with van der Waals surface area (Å²) < 4.78 is 14.7. The summed E-state index contributed by atoms with van der Waals surface area (Å²) in [6.45, 7) is -0.204. The first-order valence-corrected chi connectivity index (χ1v) is 4.93. The second-order valence-electron chi connectivity index (χ2n) is 3.39. The summed E-state index contributed by atoms with van der Waals surface area (Å²) in [7, 11) is 0. The molecule has 0 spiro atoms. The third-order valence-corrected chi connectivity index (χ3v) is 2.29. The predicted molar refractivity (Wildman–Crippen MR) is 58.0 cm³/mol. The number of benzene rings is 1. The Morgan fingerprint density at radius 2 is 2.22 bits per heavy atom. The Morgan fingerprint density at radius 1 is 1.50 bits per heavy atom. The molecule has 2 aromatic rings. The van der Waals surface area contributed by atoms with Gasteiger partial charge in [-0.15, -0.1) is 5.10 Å². The highest BCUT2D eigenvalue weighted by Crippen LogP contribution is 2.24. The highest BCUT2D eigenvalue weighted by molar-refractivity contribution is 5.92. The average molecular weight is 246 g/mol. The standard InChI is InChI=1S/C11H7FN4O2/c12-8-4-2-1-3-7(8)10-9(11(17)18)14-15-16(10)6-5-13/h1-4H,6H2,(H,17,18). The Balaban J connectivity index is 2.68. The number of nitrogens with zero attached hydrogens (tertiary/aromatic N) is 4. The molecule has 6 nitrogen and oxygen atoms in total. The first kappa shape index (κ1) is 11.7. The molecule has 0 amide bonds. The van der Waals surface area contributed by atoms with Gasteiger partial charge in [-0.05, 0) is 12.1 Å². The number of aromatic carboxylic acids is 1. The number of nitriles is 1. The van der Waals surface area contributed by atoms with E-state index in [9.17, 15) is 9.18 Å². The first-order chi connectivity index (χ1) is 8.65. The van der Waals surface area contributed by atoms with Crippen molar-refractivity contribution in [1.82, 2.24) is 15.0 Å². The van der Waals surface area contributed by atoms with E-state index in [-0.39, 0.29) is 23.5 Å². The van der Waals surface area contributed by atoms with Crippen LogP contribution in [0, 0.1) is 17.1 Å². The van der Waals surface area contributed by atoms with Crippen LogP contribution in [0.4, 0.5) is 4.39 Å². The lowest BCUT2D eigenvalue weighted by Crippen LogP contribution is -2.05. The van der Waals surface area contributed by atoms with Gasteiger partial charge in [0.1, 0.15) is 18.1 Å². The van der Waals surface area contributed by atoms with Gasteiger partial charge in [0.15, 0.2) is 5.69 Å². The average Bonchev–Trinajstić information content (AvgIpc) is 2.74. The first-order valence-electron chi connectivity index (χ1n) is 4.93. The van der Waals surface area contributed by atoms with E-state index in [2.05, 4.69) is 10.3 Å². The van der Waals surface area contributed by atoms with Crippen LogP contribution in [-0.4, -0.2) is 26.1 Å². The molecule has 1 N–H and O–H groups in total. The molecule has 0 bridgehead atoms. The van der Waals surface area contributed by atoms with Crippen LogP contribution in [0.2, 0.25) is 0 Å². The fourth-order valence-corrected chi connectivity index (χ4v) is 1.55. The SMILES string of the molecule is N#CCn1nnc(C(=O)O)c1-c1ccccc1F. The van der Waals surface area contributed by atoms with Crippen LogP contribution in [0.15, 0.2) is 24.3 Å². The predicted octanol–water partition coefficient (Wildman–Crippen LogP) is 1.31. The Bertz CT molecular complexity index is 645. The maximum atomic E-state index is 13.7. The summed E-state index contributed by atoms with van der Waals surface area (Å²) in [5, 5.41) is 24.6.